The standard InChI is InChI=1S/C16H16FNO2/c1-16(20,13-7-9-14(17)10-8-13)11-18-15(19)12-5-3-2-4-6-12/h2-10,20H,11H2,1H3,(H,18,19). The molecule has 2 aromatic carbocycles. The number of nitrogens with one attached hydrogen (secondary N) is 1. The van der Waals surface area contributed by atoms with Gasteiger partial charge in [-0.1, -0.05) is 30.3 Å². The molecule has 0 aromatic heterocycles. The van der Waals surface area contributed by atoms with Crippen LogP contribution in [0.5, 0.6) is 0 Å². The van der Waals surface area contributed by atoms with E-state index in [1.807, 2.05) is 6.07 Å². The summed E-state index contributed by atoms with van der Waals surface area (Å²) in [6.07, 6.45) is 0. The molecule has 2 N–H and O–H groups in total. The number of hydrogen-bond acceptors (Lipinski definition) is 2. The number of benzene rings is 2. The smallest absolute Gasteiger partial charge is 0.251 e. The molecule has 20 heavy (non-hydrogen) atoms. The van der Waals surface area contributed by atoms with Crippen molar-refractivity contribution < 1.29 is 14.3 Å². The minimum atomic E-state index is -1.25. The molecule has 0 fully saturated rings. The van der Waals surface area contributed by atoms with Gasteiger partial charge in [0.2, 0.25) is 0 Å². The lowest BCUT2D eigenvalue weighted by molar-refractivity contribution is 0.0526. The maximum absolute atomic E-state index is 12.9. The summed E-state index contributed by atoms with van der Waals surface area (Å²) in [6.45, 7) is 1.62. The SMILES string of the molecule is CC(O)(CNC(=O)c1ccccc1)c1ccc(F)cc1. The number of carbonyl (C=O) groups excluding carboxylic acids is 1. The zero-order valence-electron chi connectivity index (χ0n) is 11.1. The first-order chi connectivity index (χ1) is 9.49. The summed E-state index contributed by atoms with van der Waals surface area (Å²) in [5.74, 6) is -0.620. The average Bonchev–Trinajstić information content (AvgIpc) is 2.46. The fourth-order valence-electron chi connectivity index (χ4n) is 1.85. The first-order valence-electron chi connectivity index (χ1n) is 6.31. The van der Waals surface area contributed by atoms with Crippen LogP contribution in [0, 0.1) is 5.82 Å². The highest BCUT2D eigenvalue weighted by molar-refractivity contribution is 5.94. The van der Waals surface area contributed by atoms with Crippen molar-refractivity contribution >= 4 is 5.91 Å². The van der Waals surface area contributed by atoms with Gasteiger partial charge in [0.15, 0.2) is 0 Å². The van der Waals surface area contributed by atoms with Gasteiger partial charge in [-0.2, -0.15) is 0 Å². The Hall–Kier alpha value is -2.20. The Kier molecular flexibility index (Phi) is 4.15. The normalized spacial score (nSPS) is 13.6. The Morgan fingerprint density at radius 3 is 2.35 bits per heavy atom. The lowest BCUT2D eigenvalue weighted by atomic mass is 9.96. The van der Waals surface area contributed by atoms with Crippen molar-refractivity contribution in [1.82, 2.24) is 5.32 Å². The van der Waals surface area contributed by atoms with E-state index in [0.29, 0.717) is 11.1 Å². The van der Waals surface area contributed by atoms with Gasteiger partial charge in [0.25, 0.3) is 5.91 Å². The second kappa shape index (κ2) is 5.84. The molecule has 2 rings (SSSR count). The lowest BCUT2D eigenvalue weighted by Crippen LogP contribution is -2.38. The number of amides is 1. The highest BCUT2D eigenvalue weighted by Crippen LogP contribution is 2.20. The molecule has 0 aliphatic carbocycles. The van der Waals surface area contributed by atoms with Gasteiger partial charge in [-0.25, -0.2) is 4.39 Å². The van der Waals surface area contributed by atoms with E-state index in [1.165, 1.54) is 24.3 Å². The molecular formula is C16H16FNO2. The monoisotopic (exact) mass is 273 g/mol. The van der Waals surface area contributed by atoms with Gasteiger partial charge in [0.05, 0.1) is 6.54 Å². The summed E-state index contributed by atoms with van der Waals surface area (Å²) in [7, 11) is 0. The Morgan fingerprint density at radius 2 is 1.75 bits per heavy atom. The summed E-state index contributed by atoms with van der Waals surface area (Å²) in [6, 6.07) is 14.3. The molecule has 0 aliphatic rings. The number of halogens is 1. The second-order valence-electron chi connectivity index (χ2n) is 4.83. The Bertz CT molecular complexity index is 579. The maximum Gasteiger partial charge on any atom is 0.251 e. The van der Waals surface area contributed by atoms with E-state index in [9.17, 15) is 14.3 Å². The molecule has 0 aliphatic heterocycles. The van der Waals surface area contributed by atoms with Crippen LogP contribution in [0.15, 0.2) is 54.6 Å². The molecule has 1 amide bonds. The van der Waals surface area contributed by atoms with Gasteiger partial charge in [-0.3, -0.25) is 4.79 Å². The van der Waals surface area contributed by atoms with E-state index in [-0.39, 0.29) is 18.3 Å². The number of aliphatic hydroxyl groups is 1. The van der Waals surface area contributed by atoms with Crippen molar-refractivity contribution in [2.24, 2.45) is 0 Å². The van der Waals surface area contributed by atoms with Crippen LogP contribution in [0.1, 0.15) is 22.8 Å². The summed E-state index contributed by atoms with van der Waals surface area (Å²) in [5.41, 5.74) is -0.173. The van der Waals surface area contributed by atoms with Gasteiger partial charge in [0, 0.05) is 5.56 Å². The fraction of sp³-hybridized carbons (Fsp3) is 0.188. The first-order valence-corrected chi connectivity index (χ1v) is 6.31. The molecule has 1 unspecified atom stereocenters. The number of carbonyl (C=O) groups is 1. The predicted octanol–water partition coefficient (Wildman–Crippen LogP) is 2.46. The largest absolute Gasteiger partial charge is 0.384 e. The Labute approximate surface area is 117 Å². The van der Waals surface area contributed by atoms with Crippen molar-refractivity contribution in [1.29, 1.82) is 0 Å². The second-order valence-corrected chi connectivity index (χ2v) is 4.83. The lowest BCUT2D eigenvalue weighted by Gasteiger charge is -2.24. The van der Waals surface area contributed by atoms with Crippen molar-refractivity contribution in [3.63, 3.8) is 0 Å². The van der Waals surface area contributed by atoms with Crippen molar-refractivity contribution in [3.8, 4) is 0 Å². The molecule has 1 atom stereocenters. The quantitative estimate of drug-likeness (QED) is 0.899. The van der Waals surface area contributed by atoms with Crippen molar-refractivity contribution in [3.05, 3.63) is 71.5 Å². The van der Waals surface area contributed by atoms with Crippen LogP contribution in [0.25, 0.3) is 0 Å². The van der Waals surface area contributed by atoms with Gasteiger partial charge in [-0.05, 0) is 36.8 Å². The Morgan fingerprint density at radius 1 is 1.15 bits per heavy atom. The van der Waals surface area contributed by atoms with E-state index >= 15 is 0 Å². The van der Waals surface area contributed by atoms with E-state index < -0.39 is 5.60 Å². The molecule has 104 valence electrons. The highest BCUT2D eigenvalue weighted by Gasteiger charge is 2.24. The average molecular weight is 273 g/mol. The van der Waals surface area contributed by atoms with Crippen LogP contribution in [0.3, 0.4) is 0 Å². The molecule has 4 heteroatoms. The molecule has 3 nitrogen and oxygen atoms in total. The van der Waals surface area contributed by atoms with Gasteiger partial charge in [0.1, 0.15) is 11.4 Å². The minimum Gasteiger partial charge on any atom is -0.384 e. The van der Waals surface area contributed by atoms with E-state index in [2.05, 4.69) is 5.32 Å². The van der Waals surface area contributed by atoms with Crippen LogP contribution in [-0.2, 0) is 5.60 Å². The van der Waals surface area contributed by atoms with Crippen LogP contribution >= 0.6 is 0 Å². The van der Waals surface area contributed by atoms with E-state index in [1.54, 1.807) is 31.2 Å². The van der Waals surface area contributed by atoms with Gasteiger partial charge < -0.3 is 10.4 Å². The molecule has 2 aromatic rings. The van der Waals surface area contributed by atoms with Gasteiger partial charge >= 0.3 is 0 Å². The molecule has 0 heterocycles. The summed E-state index contributed by atoms with van der Waals surface area (Å²) < 4.78 is 12.9. The van der Waals surface area contributed by atoms with E-state index in [0.717, 1.165) is 0 Å². The number of hydrogen-bond donors (Lipinski definition) is 2. The summed E-state index contributed by atoms with van der Waals surface area (Å²) >= 11 is 0. The molecule has 0 saturated heterocycles. The summed E-state index contributed by atoms with van der Waals surface area (Å²) in [5, 5.41) is 13.0. The third-order valence-electron chi connectivity index (χ3n) is 3.10. The topological polar surface area (TPSA) is 49.3 Å². The zero-order chi connectivity index (χ0) is 14.6. The van der Waals surface area contributed by atoms with Crippen LogP contribution in [0.2, 0.25) is 0 Å². The predicted molar refractivity (Wildman–Crippen MR) is 74.7 cm³/mol. The summed E-state index contributed by atoms with van der Waals surface area (Å²) in [4.78, 5) is 11.9. The third kappa shape index (κ3) is 3.42. The maximum atomic E-state index is 12.9. The van der Waals surface area contributed by atoms with Crippen LogP contribution in [0.4, 0.5) is 4.39 Å². The van der Waals surface area contributed by atoms with Crippen molar-refractivity contribution in [2.75, 3.05) is 6.54 Å². The fourth-order valence-corrected chi connectivity index (χ4v) is 1.85. The van der Waals surface area contributed by atoms with Crippen LogP contribution < -0.4 is 5.32 Å². The van der Waals surface area contributed by atoms with Crippen molar-refractivity contribution in [2.45, 2.75) is 12.5 Å². The molecule has 0 saturated carbocycles. The first kappa shape index (κ1) is 14.2. The minimum absolute atomic E-state index is 0.0480. The number of rotatable bonds is 4. The Balaban J connectivity index is 2.02. The third-order valence-corrected chi connectivity index (χ3v) is 3.10. The molecular weight excluding hydrogens is 257 g/mol. The van der Waals surface area contributed by atoms with E-state index in [4.69, 9.17) is 0 Å². The van der Waals surface area contributed by atoms with Crippen LogP contribution in [-0.4, -0.2) is 17.6 Å². The highest BCUT2D eigenvalue weighted by atomic mass is 19.1. The van der Waals surface area contributed by atoms with Gasteiger partial charge in [-0.15, -0.1) is 0 Å². The molecule has 0 radical (unpaired) electrons. The molecule has 0 spiro atoms. The molecule has 0 bridgehead atoms. The zero-order valence-corrected chi connectivity index (χ0v) is 11.1.